The summed E-state index contributed by atoms with van der Waals surface area (Å²) >= 11 is 5.81. The highest BCUT2D eigenvalue weighted by Gasteiger charge is 2.13. The fourth-order valence-electron chi connectivity index (χ4n) is 2.75. The molecule has 0 aliphatic rings. The van der Waals surface area contributed by atoms with Crippen LogP contribution in [0.15, 0.2) is 49.3 Å². The number of benzene rings is 2. The second-order valence-corrected chi connectivity index (χ2v) is 6.48. The lowest BCUT2D eigenvalue weighted by Crippen LogP contribution is -2.07. The predicted octanol–water partition coefficient (Wildman–Crippen LogP) is 4.27. The van der Waals surface area contributed by atoms with Gasteiger partial charge in [-0.05, 0) is 24.3 Å². The molecular weight excluding hydrogens is 434 g/mol. The van der Waals surface area contributed by atoms with Crippen molar-refractivity contribution in [2.45, 2.75) is 6.54 Å². The topological polar surface area (TPSA) is 87.0 Å². The Labute approximate surface area is 182 Å². The van der Waals surface area contributed by atoms with Crippen LogP contribution < -0.4 is 14.8 Å². The number of ether oxygens (including phenoxy) is 2. The van der Waals surface area contributed by atoms with Crippen LogP contribution >= 0.6 is 24.0 Å². The first-order chi connectivity index (χ1) is 14.1. The van der Waals surface area contributed by atoms with Gasteiger partial charge >= 0.3 is 0 Å². The van der Waals surface area contributed by atoms with Crippen molar-refractivity contribution in [1.82, 2.24) is 24.7 Å². The average Bonchev–Trinajstić information content (AvgIpc) is 3.23. The molecule has 0 aliphatic carbocycles. The van der Waals surface area contributed by atoms with Crippen LogP contribution in [0.5, 0.6) is 11.5 Å². The maximum absolute atomic E-state index is 14.2. The zero-order chi connectivity index (χ0) is 20.2. The summed E-state index contributed by atoms with van der Waals surface area (Å²) in [6.45, 7) is 0.979. The van der Waals surface area contributed by atoms with Gasteiger partial charge in [-0.15, -0.1) is 22.6 Å². The third-order valence-corrected chi connectivity index (χ3v) is 4.41. The lowest BCUT2D eigenvalue weighted by atomic mass is 10.2. The molecule has 4 rings (SSSR count). The summed E-state index contributed by atoms with van der Waals surface area (Å²) in [5.74, 6) is 1.00. The molecule has 156 valence electrons. The van der Waals surface area contributed by atoms with Crippen LogP contribution in [-0.2, 0) is 6.54 Å². The van der Waals surface area contributed by atoms with Crippen LogP contribution in [0.3, 0.4) is 0 Å². The number of nitrogens with zero attached hydrogens (tertiary/aromatic N) is 5. The van der Waals surface area contributed by atoms with E-state index in [1.54, 1.807) is 48.6 Å². The molecule has 0 fully saturated rings. The van der Waals surface area contributed by atoms with Crippen LogP contribution in [0.25, 0.3) is 10.9 Å². The molecule has 0 unspecified atom stereocenters. The number of anilines is 2. The van der Waals surface area contributed by atoms with E-state index in [1.807, 2.05) is 0 Å². The van der Waals surface area contributed by atoms with Gasteiger partial charge in [-0.25, -0.2) is 14.4 Å². The highest BCUT2D eigenvalue weighted by molar-refractivity contribution is 6.30. The summed E-state index contributed by atoms with van der Waals surface area (Å²) in [6.07, 6.45) is 4.62. The largest absolute Gasteiger partial charge is 0.493 e. The molecule has 0 radical (unpaired) electrons. The summed E-state index contributed by atoms with van der Waals surface area (Å²) in [6, 6.07) is 7.88. The summed E-state index contributed by atoms with van der Waals surface area (Å²) in [7, 11) is 1.55. The van der Waals surface area contributed by atoms with E-state index in [0.29, 0.717) is 46.4 Å². The molecule has 0 amide bonds. The van der Waals surface area contributed by atoms with E-state index in [4.69, 9.17) is 21.1 Å². The van der Waals surface area contributed by atoms with Gasteiger partial charge in [0.1, 0.15) is 37.2 Å². The zero-order valence-corrected chi connectivity index (χ0v) is 17.3. The number of nitrogens with one attached hydrogen (secondary N) is 1. The summed E-state index contributed by atoms with van der Waals surface area (Å²) in [5.41, 5.74) is 0.875. The van der Waals surface area contributed by atoms with Crippen LogP contribution in [0.1, 0.15) is 0 Å². The van der Waals surface area contributed by atoms with Gasteiger partial charge < -0.3 is 19.4 Å². The molecule has 0 aliphatic heterocycles. The molecule has 2 aromatic heterocycles. The van der Waals surface area contributed by atoms with Crippen LogP contribution in [-0.4, -0.2) is 38.4 Å². The second-order valence-electron chi connectivity index (χ2n) is 6.04. The Morgan fingerprint density at radius 2 is 1.90 bits per heavy atom. The summed E-state index contributed by atoms with van der Waals surface area (Å²) in [5, 5.41) is 11.5. The van der Waals surface area contributed by atoms with Gasteiger partial charge in [-0.3, -0.25) is 0 Å². The Morgan fingerprint density at radius 3 is 2.63 bits per heavy atom. The van der Waals surface area contributed by atoms with Gasteiger partial charge in [0, 0.05) is 16.5 Å². The summed E-state index contributed by atoms with van der Waals surface area (Å²) < 4.78 is 27.3. The lowest BCUT2D eigenvalue weighted by Gasteiger charge is -2.14. The van der Waals surface area contributed by atoms with Crippen LogP contribution in [0, 0.1) is 5.82 Å². The number of aromatic nitrogens is 5. The highest BCUT2D eigenvalue weighted by atomic mass is 35.5. The number of hydrogen-bond donors (Lipinski definition) is 1. The van der Waals surface area contributed by atoms with Crippen LogP contribution in [0.2, 0.25) is 5.02 Å². The van der Waals surface area contributed by atoms with E-state index in [9.17, 15) is 4.39 Å². The van der Waals surface area contributed by atoms with Crippen molar-refractivity contribution >= 4 is 46.4 Å². The minimum atomic E-state index is -0.481. The van der Waals surface area contributed by atoms with Crippen molar-refractivity contribution in [1.29, 1.82) is 0 Å². The quantitative estimate of drug-likeness (QED) is 0.449. The number of hydrogen-bond acceptors (Lipinski definition) is 7. The number of halogens is 3. The smallest absolute Gasteiger partial charge is 0.163 e. The minimum absolute atomic E-state index is 0. The first-order valence-electron chi connectivity index (χ1n) is 8.64. The molecule has 8 nitrogen and oxygen atoms in total. The monoisotopic (exact) mass is 450 g/mol. The van der Waals surface area contributed by atoms with E-state index in [1.165, 1.54) is 12.4 Å². The van der Waals surface area contributed by atoms with E-state index in [2.05, 4.69) is 25.5 Å². The van der Waals surface area contributed by atoms with Gasteiger partial charge in [0.2, 0.25) is 0 Å². The van der Waals surface area contributed by atoms with Gasteiger partial charge in [-0.1, -0.05) is 11.6 Å². The Morgan fingerprint density at radius 1 is 1.10 bits per heavy atom. The Hall–Kier alpha value is -3.17. The standard InChI is InChI=1S/C19H16ClFN6O2.ClH/c1-28-17-7-13-16(8-18(17)29-5-4-27-10-24-25-11-27)22-9-23-19(13)26-15-3-2-12(20)6-14(15)21;/h2-3,6-11H,4-5H2,1H3,(H,22,23,26);1H. The second kappa shape index (κ2) is 9.55. The van der Waals surface area contributed by atoms with Gasteiger partial charge in [0.05, 0.1) is 24.9 Å². The highest BCUT2D eigenvalue weighted by Crippen LogP contribution is 2.35. The molecular formula is C19H17Cl2FN6O2. The average molecular weight is 451 g/mol. The number of fused-ring (bicyclic) bond motifs is 1. The molecule has 1 N–H and O–H groups in total. The van der Waals surface area contributed by atoms with Crippen molar-refractivity contribution in [3.05, 3.63) is 60.2 Å². The van der Waals surface area contributed by atoms with E-state index >= 15 is 0 Å². The molecule has 11 heteroatoms. The first kappa shape index (κ1) is 21.5. The lowest BCUT2D eigenvalue weighted by molar-refractivity contribution is 0.280. The fraction of sp³-hybridized carbons (Fsp3) is 0.158. The van der Waals surface area contributed by atoms with Crippen molar-refractivity contribution in [2.75, 3.05) is 19.0 Å². The molecule has 0 saturated heterocycles. The molecule has 4 aromatic rings. The van der Waals surface area contributed by atoms with Crippen molar-refractivity contribution in [3.63, 3.8) is 0 Å². The third kappa shape index (κ3) is 4.69. The molecule has 30 heavy (non-hydrogen) atoms. The van der Waals surface area contributed by atoms with Gasteiger partial charge in [0.25, 0.3) is 0 Å². The summed E-state index contributed by atoms with van der Waals surface area (Å²) in [4.78, 5) is 8.52. The van der Waals surface area contributed by atoms with E-state index < -0.39 is 5.82 Å². The maximum Gasteiger partial charge on any atom is 0.163 e. The number of rotatable bonds is 7. The minimum Gasteiger partial charge on any atom is -0.493 e. The van der Waals surface area contributed by atoms with E-state index in [0.717, 1.165) is 0 Å². The molecule has 0 bridgehead atoms. The molecule has 0 atom stereocenters. The van der Waals surface area contributed by atoms with Crippen molar-refractivity contribution in [2.24, 2.45) is 0 Å². The Balaban J connectivity index is 0.00000256. The SMILES string of the molecule is COc1cc2c(Nc3ccc(Cl)cc3F)ncnc2cc1OCCn1cnnc1.Cl. The van der Waals surface area contributed by atoms with Crippen LogP contribution in [0.4, 0.5) is 15.9 Å². The normalized spacial score (nSPS) is 10.5. The maximum atomic E-state index is 14.2. The Bertz CT molecular complexity index is 1140. The molecule has 2 aromatic carbocycles. The zero-order valence-electron chi connectivity index (χ0n) is 15.7. The third-order valence-electron chi connectivity index (χ3n) is 4.18. The molecule has 2 heterocycles. The first-order valence-corrected chi connectivity index (χ1v) is 9.02. The van der Waals surface area contributed by atoms with Gasteiger partial charge in [-0.2, -0.15) is 0 Å². The van der Waals surface area contributed by atoms with Crippen molar-refractivity contribution < 1.29 is 13.9 Å². The van der Waals surface area contributed by atoms with Gasteiger partial charge in [0.15, 0.2) is 11.5 Å². The molecule has 0 saturated carbocycles. The van der Waals surface area contributed by atoms with E-state index in [-0.39, 0.29) is 18.1 Å². The van der Waals surface area contributed by atoms with Crippen molar-refractivity contribution in [3.8, 4) is 11.5 Å². The predicted molar refractivity (Wildman–Crippen MR) is 114 cm³/mol. The molecule has 0 spiro atoms. The number of methoxy groups -OCH3 is 1. The fourth-order valence-corrected chi connectivity index (χ4v) is 2.91. The Kier molecular flexibility index (Phi) is 6.86.